The molecule has 1 aliphatic rings. The molecule has 1 unspecified atom stereocenters. The van der Waals surface area contributed by atoms with E-state index in [0.29, 0.717) is 5.92 Å². The molecule has 0 spiro atoms. The first-order valence-electron chi connectivity index (χ1n) is 6.16. The third-order valence-corrected chi connectivity index (χ3v) is 3.19. The van der Waals surface area contributed by atoms with Crippen molar-refractivity contribution < 1.29 is 14.6 Å². The number of esters is 1. The van der Waals surface area contributed by atoms with E-state index in [4.69, 9.17) is 4.74 Å². The van der Waals surface area contributed by atoms with Crippen LogP contribution in [0.3, 0.4) is 0 Å². The van der Waals surface area contributed by atoms with Gasteiger partial charge in [0.2, 0.25) is 0 Å². The molecule has 0 fully saturated rings. The van der Waals surface area contributed by atoms with E-state index in [2.05, 4.69) is 6.92 Å². The van der Waals surface area contributed by atoms with Crippen molar-refractivity contribution in [3.63, 3.8) is 0 Å². The van der Waals surface area contributed by atoms with Gasteiger partial charge in [-0.05, 0) is 38.2 Å². The van der Waals surface area contributed by atoms with Gasteiger partial charge >= 0.3 is 5.97 Å². The Morgan fingerprint density at radius 2 is 2.12 bits per heavy atom. The van der Waals surface area contributed by atoms with Gasteiger partial charge in [-0.1, -0.05) is 19.8 Å². The number of carbonyl (C=O) groups is 1. The van der Waals surface area contributed by atoms with E-state index in [-0.39, 0.29) is 18.2 Å². The molecule has 16 heavy (non-hydrogen) atoms. The second-order valence-corrected chi connectivity index (χ2v) is 4.69. The predicted octanol–water partition coefficient (Wildman–Crippen LogP) is 2.44. The number of aliphatic hydroxyl groups excluding tert-OH is 1. The van der Waals surface area contributed by atoms with Gasteiger partial charge in [-0.2, -0.15) is 0 Å². The first-order chi connectivity index (χ1) is 7.59. The van der Waals surface area contributed by atoms with E-state index in [1.165, 1.54) is 6.08 Å². The van der Waals surface area contributed by atoms with Crippen LogP contribution in [0.25, 0.3) is 0 Å². The molecule has 0 aromatic heterocycles. The maximum Gasteiger partial charge on any atom is 0.331 e. The fourth-order valence-corrected chi connectivity index (χ4v) is 1.80. The molecule has 92 valence electrons. The zero-order valence-corrected chi connectivity index (χ0v) is 10.2. The molecule has 1 aliphatic heterocycles. The Morgan fingerprint density at radius 1 is 1.38 bits per heavy atom. The number of carbonyl (C=O) groups excluding carboxylic acids is 1. The lowest BCUT2D eigenvalue weighted by molar-refractivity contribution is -0.138. The SMILES string of the molecule is CC(O)[C@@H](C)CCCCC[C@H]1C=CC(=O)O1. The molecule has 0 aliphatic carbocycles. The molecular weight excluding hydrogens is 204 g/mol. The van der Waals surface area contributed by atoms with Crippen LogP contribution in [0, 0.1) is 5.92 Å². The van der Waals surface area contributed by atoms with E-state index in [1.54, 1.807) is 0 Å². The fraction of sp³-hybridized carbons (Fsp3) is 0.769. The van der Waals surface area contributed by atoms with E-state index < -0.39 is 0 Å². The van der Waals surface area contributed by atoms with Crippen molar-refractivity contribution in [1.82, 2.24) is 0 Å². The van der Waals surface area contributed by atoms with Crippen LogP contribution >= 0.6 is 0 Å². The van der Waals surface area contributed by atoms with Gasteiger partial charge in [-0.3, -0.25) is 0 Å². The van der Waals surface area contributed by atoms with Crippen LogP contribution in [0.5, 0.6) is 0 Å². The van der Waals surface area contributed by atoms with Crippen LogP contribution in [0.2, 0.25) is 0 Å². The highest BCUT2D eigenvalue weighted by molar-refractivity contribution is 5.84. The highest BCUT2D eigenvalue weighted by Crippen LogP contribution is 2.17. The Morgan fingerprint density at radius 3 is 2.69 bits per heavy atom. The minimum Gasteiger partial charge on any atom is -0.455 e. The Balaban J connectivity index is 1.96. The normalized spacial score (nSPS) is 23.2. The summed E-state index contributed by atoms with van der Waals surface area (Å²) in [7, 11) is 0. The van der Waals surface area contributed by atoms with Gasteiger partial charge < -0.3 is 9.84 Å². The lowest BCUT2D eigenvalue weighted by Crippen LogP contribution is -2.12. The molecular formula is C13H22O3. The third-order valence-electron chi connectivity index (χ3n) is 3.19. The second kappa shape index (κ2) is 6.69. The molecule has 0 saturated carbocycles. The van der Waals surface area contributed by atoms with Crippen molar-refractivity contribution in [2.45, 2.75) is 58.2 Å². The van der Waals surface area contributed by atoms with E-state index in [9.17, 15) is 9.90 Å². The first-order valence-corrected chi connectivity index (χ1v) is 6.16. The smallest absolute Gasteiger partial charge is 0.331 e. The highest BCUT2D eigenvalue weighted by atomic mass is 16.5. The molecule has 1 heterocycles. The van der Waals surface area contributed by atoms with Gasteiger partial charge in [0.15, 0.2) is 0 Å². The summed E-state index contributed by atoms with van der Waals surface area (Å²) in [6, 6.07) is 0. The molecule has 1 N–H and O–H groups in total. The number of unbranched alkanes of at least 4 members (excludes halogenated alkanes) is 2. The minimum absolute atomic E-state index is 0.00156. The fourth-order valence-electron chi connectivity index (χ4n) is 1.80. The van der Waals surface area contributed by atoms with Gasteiger partial charge in [-0.15, -0.1) is 0 Å². The molecule has 0 aromatic rings. The summed E-state index contributed by atoms with van der Waals surface area (Å²) in [4.78, 5) is 10.8. The molecule has 3 heteroatoms. The van der Waals surface area contributed by atoms with Gasteiger partial charge in [0.05, 0.1) is 6.10 Å². The number of cyclic esters (lactones) is 1. The average Bonchev–Trinajstić information content (AvgIpc) is 2.63. The topological polar surface area (TPSA) is 46.5 Å². The maximum absolute atomic E-state index is 10.8. The number of ether oxygens (including phenoxy) is 1. The molecule has 0 bridgehead atoms. The summed E-state index contributed by atoms with van der Waals surface area (Å²) in [5, 5.41) is 9.31. The predicted molar refractivity (Wildman–Crippen MR) is 62.9 cm³/mol. The molecule has 0 saturated heterocycles. The largest absolute Gasteiger partial charge is 0.455 e. The summed E-state index contributed by atoms with van der Waals surface area (Å²) < 4.78 is 5.04. The number of rotatable bonds is 7. The quantitative estimate of drug-likeness (QED) is 0.535. The van der Waals surface area contributed by atoms with Crippen molar-refractivity contribution in [3.05, 3.63) is 12.2 Å². The van der Waals surface area contributed by atoms with Crippen molar-refractivity contribution in [2.24, 2.45) is 5.92 Å². The van der Waals surface area contributed by atoms with E-state index in [0.717, 1.165) is 32.1 Å². The van der Waals surface area contributed by atoms with Crippen LogP contribution in [-0.2, 0) is 9.53 Å². The van der Waals surface area contributed by atoms with Crippen LogP contribution in [0.4, 0.5) is 0 Å². The molecule has 1 rings (SSSR count). The summed E-state index contributed by atoms with van der Waals surface area (Å²) >= 11 is 0. The van der Waals surface area contributed by atoms with Crippen LogP contribution in [-0.4, -0.2) is 23.3 Å². The number of aliphatic hydroxyl groups is 1. The van der Waals surface area contributed by atoms with Crippen molar-refractivity contribution in [3.8, 4) is 0 Å². The lowest BCUT2D eigenvalue weighted by Gasteiger charge is -2.14. The average molecular weight is 226 g/mol. The maximum atomic E-state index is 10.8. The summed E-state index contributed by atoms with van der Waals surface area (Å²) in [5.41, 5.74) is 0. The van der Waals surface area contributed by atoms with Gasteiger partial charge in [0.1, 0.15) is 6.10 Å². The minimum atomic E-state index is -0.215. The van der Waals surface area contributed by atoms with Crippen LogP contribution < -0.4 is 0 Å². The van der Waals surface area contributed by atoms with E-state index in [1.807, 2.05) is 13.0 Å². The van der Waals surface area contributed by atoms with Crippen molar-refractivity contribution >= 4 is 5.97 Å². The monoisotopic (exact) mass is 226 g/mol. The molecule has 0 aromatic carbocycles. The zero-order chi connectivity index (χ0) is 12.0. The van der Waals surface area contributed by atoms with Crippen LogP contribution in [0.1, 0.15) is 46.0 Å². The Kier molecular flexibility index (Phi) is 5.53. The highest BCUT2D eigenvalue weighted by Gasteiger charge is 2.15. The second-order valence-electron chi connectivity index (χ2n) is 4.69. The lowest BCUT2D eigenvalue weighted by atomic mass is 9.98. The Labute approximate surface area is 97.5 Å². The standard InChI is InChI=1S/C13H22O3/c1-10(11(2)14)6-4-3-5-7-12-8-9-13(15)16-12/h8-12,14H,3-7H2,1-2H3/t10-,11?,12-/m0/s1. The Hall–Kier alpha value is -0.830. The Bertz CT molecular complexity index is 246. The zero-order valence-electron chi connectivity index (χ0n) is 10.2. The van der Waals surface area contributed by atoms with Gasteiger partial charge in [0, 0.05) is 6.08 Å². The van der Waals surface area contributed by atoms with Crippen molar-refractivity contribution in [1.29, 1.82) is 0 Å². The third kappa shape index (κ3) is 4.79. The molecule has 3 nitrogen and oxygen atoms in total. The van der Waals surface area contributed by atoms with Crippen LogP contribution in [0.15, 0.2) is 12.2 Å². The van der Waals surface area contributed by atoms with Crippen molar-refractivity contribution in [2.75, 3.05) is 0 Å². The molecule has 0 amide bonds. The van der Waals surface area contributed by atoms with E-state index >= 15 is 0 Å². The summed E-state index contributed by atoms with van der Waals surface area (Å²) in [5.74, 6) is 0.164. The molecule has 0 radical (unpaired) electrons. The number of hydrogen-bond donors (Lipinski definition) is 1. The summed E-state index contributed by atoms with van der Waals surface area (Å²) in [6.45, 7) is 3.92. The summed E-state index contributed by atoms with van der Waals surface area (Å²) in [6.07, 6.45) is 8.47. The molecule has 3 atom stereocenters. The van der Waals surface area contributed by atoms with Gasteiger partial charge in [0.25, 0.3) is 0 Å². The first kappa shape index (κ1) is 13.2. The van der Waals surface area contributed by atoms with Gasteiger partial charge in [-0.25, -0.2) is 4.79 Å². The number of hydrogen-bond acceptors (Lipinski definition) is 3.